The maximum absolute atomic E-state index is 13.6. The second-order valence-electron chi connectivity index (χ2n) is 4.64. The van der Waals surface area contributed by atoms with Crippen LogP contribution in [0.4, 0.5) is 4.39 Å². The van der Waals surface area contributed by atoms with Gasteiger partial charge >= 0.3 is 0 Å². The first kappa shape index (κ1) is 15.9. The highest BCUT2D eigenvalue weighted by molar-refractivity contribution is 6.31. The Balaban J connectivity index is 2.68. The van der Waals surface area contributed by atoms with Gasteiger partial charge in [-0.25, -0.2) is 4.39 Å². The van der Waals surface area contributed by atoms with Crippen LogP contribution in [0.2, 0.25) is 5.02 Å². The smallest absolute Gasteiger partial charge is 0.239 e. The number of hydrogen-bond donors (Lipinski definition) is 1. The van der Waals surface area contributed by atoms with Crippen LogP contribution in [0.1, 0.15) is 31.7 Å². The minimum absolute atomic E-state index is 0.129. The molecule has 0 bridgehead atoms. The van der Waals surface area contributed by atoms with Crippen molar-refractivity contribution < 1.29 is 9.18 Å². The third kappa shape index (κ3) is 4.48. The Morgan fingerprint density at radius 2 is 2.21 bits per heavy atom. The second-order valence-corrected chi connectivity index (χ2v) is 5.05. The van der Waals surface area contributed by atoms with Crippen molar-refractivity contribution in [2.75, 3.05) is 7.05 Å². The van der Waals surface area contributed by atoms with Crippen LogP contribution in [0.5, 0.6) is 0 Å². The monoisotopic (exact) mass is 286 g/mol. The number of benzene rings is 1. The quantitative estimate of drug-likeness (QED) is 0.874. The molecule has 1 amide bonds. The van der Waals surface area contributed by atoms with E-state index >= 15 is 0 Å². The Labute approximate surface area is 118 Å². The molecule has 0 unspecified atom stereocenters. The molecule has 1 atom stereocenters. The molecule has 0 heterocycles. The lowest BCUT2D eigenvalue weighted by molar-refractivity contribution is -0.132. The summed E-state index contributed by atoms with van der Waals surface area (Å²) in [5.74, 6) is -0.595. The molecule has 0 aromatic heterocycles. The number of unbranched alkanes of at least 4 members (excludes halogenated alkanes) is 1. The summed E-state index contributed by atoms with van der Waals surface area (Å²) in [4.78, 5) is 13.4. The molecular weight excluding hydrogens is 267 g/mol. The molecule has 2 N–H and O–H groups in total. The molecular formula is C14H20ClFN2O. The lowest BCUT2D eigenvalue weighted by Gasteiger charge is -2.22. The van der Waals surface area contributed by atoms with Crippen LogP contribution in [-0.4, -0.2) is 23.9 Å². The molecule has 0 aliphatic heterocycles. The molecule has 106 valence electrons. The average molecular weight is 287 g/mol. The van der Waals surface area contributed by atoms with Crippen LogP contribution in [0.25, 0.3) is 0 Å². The summed E-state index contributed by atoms with van der Waals surface area (Å²) in [6, 6.07) is 3.94. The molecule has 1 aromatic carbocycles. The summed E-state index contributed by atoms with van der Waals surface area (Å²) in [7, 11) is 1.61. The number of halogens is 2. The summed E-state index contributed by atoms with van der Waals surface area (Å²) >= 11 is 5.93. The Morgan fingerprint density at radius 3 is 2.79 bits per heavy atom. The van der Waals surface area contributed by atoms with Gasteiger partial charge in [0.1, 0.15) is 5.82 Å². The van der Waals surface area contributed by atoms with E-state index in [1.165, 1.54) is 17.0 Å². The van der Waals surface area contributed by atoms with Gasteiger partial charge in [0.2, 0.25) is 5.91 Å². The van der Waals surface area contributed by atoms with Gasteiger partial charge in [-0.15, -0.1) is 0 Å². The Morgan fingerprint density at radius 1 is 1.53 bits per heavy atom. The minimum Gasteiger partial charge on any atom is -0.340 e. The number of nitrogens with zero attached hydrogens (tertiary/aromatic N) is 1. The minimum atomic E-state index is -0.532. The van der Waals surface area contributed by atoms with Crippen LogP contribution in [0, 0.1) is 5.82 Å². The number of hydrogen-bond acceptors (Lipinski definition) is 2. The molecule has 19 heavy (non-hydrogen) atoms. The fraction of sp³-hybridized carbons (Fsp3) is 0.500. The summed E-state index contributed by atoms with van der Waals surface area (Å²) in [5, 5.41) is 0.321. The lowest BCUT2D eigenvalue weighted by Crippen LogP contribution is -2.41. The van der Waals surface area contributed by atoms with Gasteiger partial charge < -0.3 is 10.6 Å². The SMILES string of the molecule is CCCC[C@H](N)C(=O)N(C)Cc1c(F)cccc1Cl. The Kier molecular flexibility index (Phi) is 6.25. The maximum atomic E-state index is 13.6. The van der Waals surface area contributed by atoms with E-state index in [1.807, 2.05) is 6.92 Å². The van der Waals surface area contributed by atoms with Gasteiger partial charge in [-0.3, -0.25) is 4.79 Å². The normalized spacial score (nSPS) is 12.3. The fourth-order valence-electron chi connectivity index (χ4n) is 1.83. The molecule has 0 radical (unpaired) electrons. The van der Waals surface area contributed by atoms with E-state index in [1.54, 1.807) is 13.1 Å². The number of rotatable bonds is 6. The van der Waals surface area contributed by atoms with E-state index in [-0.39, 0.29) is 12.5 Å². The van der Waals surface area contributed by atoms with Crippen molar-refractivity contribution in [3.05, 3.63) is 34.6 Å². The number of nitrogens with two attached hydrogens (primary N) is 1. The number of carbonyl (C=O) groups excluding carboxylic acids is 1. The lowest BCUT2D eigenvalue weighted by atomic mass is 10.1. The van der Waals surface area contributed by atoms with E-state index in [4.69, 9.17) is 17.3 Å². The van der Waals surface area contributed by atoms with Crippen molar-refractivity contribution in [3.8, 4) is 0 Å². The van der Waals surface area contributed by atoms with Crippen molar-refractivity contribution in [3.63, 3.8) is 0 Å². The molecule has 0 spiro atoms. The number of likely N-dealkylation sites (N-methyl/N-ethyl adjacent to an activating group) is 1. The van der Waals surface area contributed by atoms with Gasteiger partial charge in [0.15, 0.2) is 0 Å². The highest BCUT2D eigenvalue weighted by atomic mass is 35.5. The third-order valence-electron chi connectivity index (χ3n) is 3.02. The zero-order valence-electron chi connectivity index (χ0n) is 11.3. The topological polar surface area (TPSA) is 46.3 Å². The zero-order valence-corrected chi connectivity index (χ0v) is 12.1. The van der Waals surface area contributed by atoms with Gasteiger partial charge in [0.05, 0.1) is 6.04 Å². The van der Waals surface area contributed by atoms with Gasteiger partial charge in [0.25, 0.3) is 0 Å². The molecule has 3 nitrogen and oxygen atoms in total. The average Bonchev–Trinajstić information content (AvgIpc) is 2.39. The van der Waals surface area contributed by atoms with Crippen molar-refractivity contribution in [2.45, 2.75) is 38.8 Å². The van der Waals surface area contributed by atoms with Crippen molar-refractivity contribution in [1.29, 1.82) is 0 Å². The highest BCUT2D eigenvalue weighted by Gasteiger charge is 2.19. The molecule has 1 rings (SSSR count). The molecule has 0 aliphatic rings. The second kappa shape index (κ2) is 7.46. The third-order valence-corrected chi connectivity index (χ3v) is 3.37. The van der Waals surface area contributed by atoms with Gasteiger partial charge in [-0.1, -0.05) is 37.4 Å². The fourth-order valence-corrected chi connectivity index (χ4v) is 2.05. The van der Waals surface area contributed by atoms with E-state index in [9.17, 15) is 9.18 Å². The summed E-state index contributed by atoms with van der Waals surface area (Å²) in [6.45, 7) is 2.17. The van der Waals surface area contributed by atoms with E-state index < -0.39 is 11.9 Å². The van der Waals surface area contributed by atoms with E-state index in [0.717, 1.165) is 12.8 Å². The first-order chi connectivity index (χ1) is 8.97. The number of amides is 1. The molecule has 0 aliphatic carbocycles. The molecule has 0 saturated heterocycles. The largest absolute Gasteiger partial charge is 0.340 e. The van der Waals surface area contributed by atoms with E-state index in [0.29, 0.717) is 17.0 Å². The standard InChI is InChI=1S/C14H20ClFN2O/c1-3-4-8-13(17)14(19)18(2)9-10-11(15)6-5-7-12(10)16/h5-7,13H,3-4,8-9,17H2,1-2H3/t13-/m0/s1. The maximum Gasteiger partial charge on any atom is 0.239 e. The molecule has 5 heteroatoms. The Bertz CT molecular complexity index is 419. The van der Waals surface area contributed by atoms with Crippen molar-refractivity contribution in [2.24, 2.45) is 5.73 Å². The van der Waals surface area contributed by atoms with Gasteiger partial charge in [-0.05, 0) is 18.6 Å². The molecule has 0 saturated carbocycles. The first-order valence-electron chi connectivity index (χ1n) is 6.40. The highest BCUT2D eigenvalue weighted by Crippen LogP contribution is 2.20. The summed E-state index contributed by atoms with van der Waals surface area (Å²) < 4.78 is 13.6. The van der Waals surface area contributed by atoms with Crippen LogP contribution < -0.4 is 5.73 Å². The summed E-state index contributed by atoms with van der Waals surface area (Å²) in [5.41, 5.74) is 6.14. The van der Waals surface area contributed by atoms with E-state index in [2.05, 4.69) is 0 Å². The predicted molar refractivity (Wildman–Crippen MR) is 75.4 cm³/mol. The molecule has 0 fully saturated rings. The number of carbonyl (C=O) groups is 1. The van der Waals surface area contributed by atoms with Gasteiger partial charge in [-0.2, -0.15) is 0 Å². The Hall–Kier alpha value is -1.13. The van der Waals surface area contributed by atoms with Crippen LogP contribution >= 0.6 is 11.6 Å². The predicted octanol–water partition coefficient (Wildman–Crippen LogP) is 2.96. The van der Waals surface area contributed by atoms with Gasteiger partial charge in [0, 0.05) is 24.2 Å². The first-order valence-corrected chi connectivity index (χ1v) is 6.78. The van der Waals surface area contributed by atoms with Crippen LogP contribution in [-0.2, 0) is 11.3 Å². The summed E-state index contributed by atoms with van der Waals surface area (Å²) in [6.07, 6.45) is 2.54. The van der Waals surface area contributed by atoms with Crippen LogP contribution in [0.15, 0.2) is 18.2 Å². The van der Waals surface area contributed by atoms with Crippen molar-refractivity contribution >= 4 is 17.5 Å². The van der Waals surface area contributed by atoms with Crippen LogP contribution in [0.3, 0.4) is 0 Å². The van der Waals surface area contributed by atoms with Crippen molar-refractivity contribution in [1.82, 2.24) is 4.90 Å². The zero-order chi connectivity index (χ0) is 14.4. The molecule has 1 aromatic rings.